The Morgan fingerprint density at radius 1 is 0.907 bits per heavy atom. The van der Waals surface area contributed by atoms with Crippen LogP contribution in [0.15, 0.2) is 91.0 Å². The van der Waals surface area contributed by atoms with Gasteiger partial charge in [0.25, 0.3) is 5.91 Å². The highest BCUT2D eigenvalue weighted by Gasteiger charge is 2.32. The number of alkyl halides is 6. The van der Waals surface area contributed by atoms with Gasteiger partial charge in [-0.2, -0.15) is 26.3 Å². The molecule has 0 aromatic heterocycles. The van der Waals surface area contributed by atoms with Crippen LogP contribution in [0.25, 0.3) is 0 Å². The monoisotopic (exact) mass is 759 g/mol. The fraction of sp³-hybridized carbons (Fsp3) is 0.350. The number of nitrogens with one attached hydrogen (secondary N) is 1. The first-order valence-corrected chi connectivity index (χ1v) is 17.1. The van der Waals surface area contributed by atoms with Crippen molar-refractivity contribution < 1.29 is 50.5 Å². The highest BCUT2D eigenvalue weighted by molar-refractivity contribution is 6.02. The van der Waals surface area contributed by atoms with Crippen LogP contribution in [0.5, 0.6) is 11.5 Å². The van der Waals surface area contributed by atoms with Gasteiger partial charge in [0.15, 0.2) is 5.75 Å². The molecule has 0 fully saturated rings. The maximum absolute atomic E-state index is 13.1. The van der Waals surface area contributed by atoms with Gasteiger partial charge in [0.2, 0.25) is 5.91 Å². The van der Waals surface area contributed by atoms with Gasteiger partial charge in [-0.1, -0.05) is 49.4 Å². The fourth-order valence-electron chi connectivity index (χ4n) is 5.54. The highest BCUT2D eigenvalue weighted by atomic mass is 19.4. The quantitative estimate of drug-likeness (QED) is 0.159. The largest absolute Gasteiger partial charge is 0.490 e. The standard InChI is InChI=1S/C23H25F3N2O4.C17H18F3NO/c1-14-11-28(15(2)12-29)22(31)18-4-3-5-19(21(18)32-13-14)27-20(30)10-16-6-8-17(9-7-16)23(24,25)26;1-21(2)11-13-6-8-16(9-7-13)22-12-14-4-3-5-15(10-14)17(18,19)20/h3-9,14-15,29H,10-13H2,1-2H3,(H,27,30);3-10H,11-12H2,1-2H3/t14-,15+;/m1./s1. The van der Waals surface area contributed by atoms with Gasteiger partial charge in [0.05, 0.1) is 48.1 Å². The zero-order chi connectivity index (χ0) is 39.6. The number of nitrogens with zero attached hydrogens (tertiary/aromatic N) is 2. The second-order valence-corrected chi connectivity index (χ2v) is 13.4. The Balaban J connectivity index is 0.000000258. The number of hydrogen-bond donors (Lipinski definition) is 2. The number of aliphatic hydroxyl groups is 1. The van der Waals surface area contributed by atoms with Crippen molar-refractivity contribution in [1.82, 2.24) is 9.80 Å². The summed E-state index contributed by atoms with van der Waals surface area (Å²) in [6, 6.07) is 21.5. The molecule has 54 heavy (non-hydrogen) atoms. The van der Waals surface area contributed by atoms with Crippen LogP contribution >= 0.6 is 0 Å². The molecule has 0 unspecified atom stereocenters. The van der Waals surface area contributed by atoms with Crippen LogP contribution in [-0.4, -0.2) is 66.6 Å². The van der Waals surface area contributed by atoms with E-state index in [1.165, 1.54) is 18.2 Å². The minimum atomic E-state index is -4.44. The molecular formula is C40H43F6N3O5. The summed E-state index contributed by atoms with van der Waals surface area (Å²) in [5.41, 5.74) is 1.19. The van der Waals surface area contributed by atoms with Crippen LogP contribution < -0.4 is 14.8 Å². The van der Waals surface area contributed by atoms with E-state index >= 15 is 0 Å². The summed E-state index contributed by atoms with van der Waals surface area (Å²) in [6.07, 6.45) is -8.91. The number of anilines is 1. The van der Waals surface area contributed by atoms with Gasteiger partial charge < -0.3 is 29.7 Å². The maximum Gasteiger partial charge on any atom is 0.416 e. The SMILES string of the molecule is CN(C)Cc1ccc(OCc2cccc(C(F)(F)F)c2)cc1.C[C@H]1COc2c(NC(=O)Cc3ccc(C(F)(F)F)cc3)cccc2C(=O)N([C@@H](C)CO)C1. The maximum atomic E-state index is 13.1. The van der Waals surface area contributed by atoms with E-state index in [1.54, 1.807) is 36.1 Å². The summed E-state index contributed by atoms with van der Waals surface area (Å²) in [7, 11) is 3.97. The van der Waals surface area contributed by atoms with E-state index in [-0.39, 0.29) is 48.8 Å². The number of hydrogen-bond acceptors (Lipinski definition) is 6. The first-order chi connectivity index (χ1) is 25.4. The second kappa shape index (κ2) is 18.3. The summed E-state index contributed by atoms with van der Waals surface area (Å²) in [5, 5.41) is 12.2. The molecule has 1 heterocycles. The number of halogens is 6. The molecule has 1 aliphatic rings. The van der Waals surface area contributed by atoms with Crippen LogP contribution in [0, 0.1) is 5.92 Å². The average molecular weight is 760 g/mol. The van der Waals surface area contributed by atoms with E-state index in [0.717, 1.165) is 36.4 Å². The lowest BCUT2D eigenvalue weighted by molar-refractivity contribution is -0.138. The van der Waals surface area contributed by atoms with E-state index < -0.39 is 29.4 Å². The normalized spacial score (nSPS) is 15.2. The third-order valence-electron chi connectivity index (χ3n) is 8.33. The van der Waals surface area contributed by atoms with Gasteiger partial charge >= 0.3 is 12.4 Å². The van der Waals surface area contributed by atoms with E-state index in [9.17, 15) is 41.0 Å². The van der Waals surface area contributed by atoms with Gasteiger partial charge in [-0.25, -0.2) is 0 Å². The minimum Gasteiger partial charge on any atom is -0.490 e. The summed E-state index contributed by atoms with van der Waals surface area (Å²) in [6.45, 7) is 5.15. The van der Waals surface area contributed by atoms with E-state index in [2.05, 4.69) is 10.2 Å². The molecule has 2 amide bonds. The fourth-order valence-corrected chi connectivity index (χ4v) is 5.54. The molecule has 290 valence electrons. The van der Waals surface area contributed by atoms with Crippen LogP contribution in [0.2, 0.25) is 0 Å². The van der Waals surface area contributed by atoms with E-state index in [0.29, 0.717) is 35.7 Å². The van der Waals surface area contributed by atoms with Crippen LogP contribution in [-0.2, 0) is 36.7 Å². The van der Waals surface area contributed by atoms with Crippen LogP contribution in [0.3, 0.4) is 0 Å². The highest BCUT2D eigenvalue weighted by Crippen LogP contribution is 2.34. The molecule has 0 saturated carbocycles. The molecule has 4 aromatic rings. The number of benzene rings is 4. The van der Waals surface area contributed by atoms with Crippen molar-refractivity contribution in [3.63, 3.8) is 0 Å². The summed E-state index contributed by atoms with van der Waals surface area (Å²) < 4.78 is 87.4. The first-order valence-electron chi connectivity index (χ1n) is 17.1. The zero-order valence-electron chi connectivity index (χ0n) is 30.3. The predicted octanol–water partition coefficient (Wildman–Crippen LogP) is 8.08. The lowest BCUT2D eigenvalue weighted by atomic mass is 10.0. The molecule has 4 aromatic carbocycles. The summed E-state index contributed by atoms with van der Waals surface area (Å²) >= 11 is 0. The number of fused-ring (bicyclic) bond motifs is 1. The second-order valence-electron chi connectivity index (χ2n) is 13.4. The van der Waals surface area contributed by atoms with E-state index in [4.69, 9.17) is 9.47 Å². The van der Waals surface area contributed by atoms with Gasteiger partial charge in [-0.3, -0.25) is 9.59 Å². The molecule has 0 bridgehead atoms. The lowest BCUT2D eigenvalue weighted by Crippen LogP contribution is -2.45. The molecule has 0 radical (unpaired) electrons. The molecule has 2 N–H and O–H groups in total. The van der Waals surface area contributed by atoms with Gasteiger partial charge in [0.1, 0.15) is 12.4 Å². The smallest absolute Gasteiger partial charge is 0.416 e. The predicted molar refractivity (Wildman–Crippen MR) is 192 cm³/mol. The van der Waals surface area contributed by atoms with Crippen molar-refractivity contribution in [2.45, 2.75) is 51.8 Å². The Labute approximate surface area is 310 Å². The Kier molecular flexibility index (Phi) is 14.1. The van der Waals surface area contributed by atoms with Crippen LogP contribution in [0.1, 0.15) is 52.0 Å². The summed E-state index contributed by atoms with van der Waals surface area (Å²) in [5.74, 6) is 0.105. The third kappa shape index (κ3) is 12.0. The van der Waals surface area contributed by atoms with Crippen molar-refractivity contribution in [1.29, 1.82) is 0 Å². The van der Waals surface area contributed by atoms with Gasteiger partial charge in [-0.15, -0.1) is 0 Å². The van der Waals surface area contributed by atoms with Crippen molar-refractivity contribution in [3.05, 3.63) is 124 Å². The van der Waals surface area contributed by atoms with E-state index in [1.807, 2.05) is 45.3 Å². The zero-order valence-corrected chi connectivity index (χ0v) is 30.3. The van der Waals surface area contributed by atoms with Crippen molar-refractivity contribution in [2.24, 2.45) is 5.92 Å². The number of amides is 2. The number of aliphatic hydroxyl groups excluding tert-OH is 1. The number of carbonyl (C=O) groups is 2. The Morgan fingerprint density at radius 2 is 1.54 bits per heavy atom. The average Bonchev–Trinajstić information content (AvgIpc) is 3.11. The van der Waals surface area contributed by atoms with Crippen molar-refractivity contribution in [3.8, 4) is 11.5 Å². The Hall–Kier alpha value is -5.08. The number of ether oxygens (including phenoxy) is 2. The minimum absolute atomic E-state index is 0.00277. The molecule has 8 nitrogen and oxygen atoms in total. The molecule has 0 saturated heterocycles. The molecule has 0 spiro atoms. The lowest BCUT2D eigenvalue weighted by Gasteiger charge is -2.33. The Bertz CT molecular complexity index is 1850. The number of para-hydroxylation sites is 1. The molecule has 5 rings (SSSR count). The molecule has 1 aliphatic heterocycles. The third-order valence-corrected chi connectivity index (χ3v) is 8.33. The van der Waals surface area contributed by atoms with Crippen molar-refractivity contribution >= 4 is 17.5 Å². The van der Waals surface area contributed by atoms with Crippen molar-refractivity contribution in [2.75, 3.05) is 39.2 Å². The molecular weight excluding hydrogens is 716 g/mol. The molecule has 14 heteroatoms. The van der Waals surface area contributed by atoms with Gasteiger partial charge in [-0.05, 0) is 86.2 Å². The van der Waals surface area contributed by atoms with Gasteiger partial charge in [0, 0.05) is 19.0 Å². The van der Waals surface area contributed by atoms with Crippen LogP contribution in [0.4, 0.5) is 32.0 Å². The summed E-state index contributed by atoms with van der Waals surface area (Å²) in [4.78, 5) is 29.3. The molecule has 0 aliphatic carbocycles. The topological polar surface area (TPSA) is 91.3 Å². The number of rotatable bonds is 10. The number of carbonyl (C=O) groups excluding carboxylic acids is 2. The molecule has 2 atom stereocenters. The first kappa shape index (κ1) is 41.7. The Morgan fingerprint density at radius 3 is 2.15 bits per heavy atom.